The molecule has 2 rings (SSSR count). The first-order valence-electron chi connectivity index (χ1n) is 8.84. The highest BCUT2D eigenvalue weighted by Crippen LogP contribution is 2.42. The van der Waals surface area contributed by atoms with E-state index in [1.54, 1.807) is 12.1 Å². The summed E-state index contributed by atoms with van der Waals surface area (Å²) in [6, 6.07) is 3.19. The maximum atomic E-state index is 12.4. The summed E-state index contributed by atoms with van der Waals surface area (Å²) in [7, 11) is 4.45. The van der Waals surface area contributed by atoms with E-state index in [4.69, 9.17) is 24.0 Å². The minimum absolute atomic E-state index is 0.217. The van der Waals surface area contributed by atoms with Gasteiger partial charge in [0.1, 0.15) is 11.7 Å². The largest absolute Gasteiger partial charge is 0.493 e. The molecule has 0 N–H and O–H groups in total. The summed E-state index contributed by atoms with van der Waals surface area (Å²) in [5, 5.41) is 0. The van der Waals surface area contributed by atoms with E-state index in [1.165, 1.54) is 21.3 Å². The number of methoxy groups -OCH3 is 3. The van der Waals surface area contributed by atoms with Crippen LogP contribution in [0.25, 0.3) is 0 Å². The van der Waals surface area contributed by atoms with Crippen molar-refractivity contribution < 1.29 is 28.8 Å². The van der Waals surface area contributed by atoms with Crippen LogP contribution < -0.4 is 14.2 Å². The first kappa shape index (κ1) is 20.4. The van der Waals surface area contributed by atoms with E-state index in [1.807, 2.05) is 0 Å². The van der Waals surface area contributed by atoms with Crippen LogP contribution in [0.4, 0.5) is 0 Å². The lowest BCUT2D eigenvalue weighted by Gasteiger charge is -2.35. The van der Waals surface area contributed by atoms with Gasteiger partial charge >= 0.3 is 5.97 Å². The lowest BCUT2D eigenvalue weighted by atomic mass is 9.72. The monoisotopic (exact) mass is 365 g/mol. The summed E-state index contributed by atoms with van der Waals surface area (Å²) < 4.78 is 15.8. The van der Waals surface area contributed by atoms with Crippen LogP contribution in [-0.4, -0.2) is 27.3 Å². The van der Waals surface area contributed by atoms with Gasteiger partial charge in [0.15, 0.2) is 11.5 Å². The number of benzene rings is 1. The fourth-order valence-electron chi connectivity index (χ4n) is 3.29. The molecule has 0 saturated heterocycles. The van der Waals surface area contributed by atoms with Crippen LogP contribution in [0.1, 0.15) is 56.8 Å². The Labute approximate surface area is 155 Å². The third-order valence-electron chi connectivity index (χ3n) is 4.93. The van der Waals surface area contributed by atoms with Crippen molar-refractivity contribution in [2.24, 2.45) is 11.3 Å². The topological polar surface area (TPSA) is 63.2 Å². The zero-order valence-corrected chi connectivity index (χ0v) is 16.5. The maximum absolute atomic E-state index is 12.4. The first-order chi connectivity index (χ1) is 12.3. The Kier molecular flexibility index (Phi) is 6.75. The highest BCUT2D eigenvalue weighted by atomic mass is 17.2. The highest BCUT2D eigenvalue weighted by Gasteiger charge is 2.32. The summed E-state index contributed by atoms with van der Waals surface area (Å²) >= 11 is 0. The second-order valence-corrected chi connectivity index (χ2v) is 7.51. The zero-order valence-electron chi connectivity index (χ0n) is 16.5. The zero-order chi connectivity index (χ0) is 19.3. The van der Waals surface area contributed by atoms with Gasteiger partial charge < -0.3 is 14.2 Å². The van der Waals surface area contributed by atoms with Gasteiger partial charge in [0, 0.05) is 0 Å². The van der Waals surface area contributed by atoms with Crippen LogP contribution in [0.5, 0.6) is 17.2 Å². The van der Waals surface area contributed by atoms with E-state index in [0.717, 1.165) is 31.8 Å². The van der Waals surface area contributed by atoms with Crippen molar-refractivity contribution in [1.82, 2.24) is 0 Å². The average molecular weight is 365 g/mol. The Morgan fingerprint density at radius 2 is 1.58 bits per heavy atom. The molecule has 1 aliphatic rings. The van der Waals surface area contributed by atoms with Gasteiger partial charge in [-0.15, -0.1) is 0 Å². The summed E-state index contributed by atoms with van der Waals surface area (Å²) in [5.74, 6) is 1.08. The van der Waals surface area contributed by atoms with Crippen molar-refractivity contribution in [3.63, 3.8) is 0 Å². The van der Waals surface area contributed by atoms with Gasteiger partial charge in [-0.05, 0) is 49.1 Å². The van der Waals surface area contributed by atoms with Gasteiger partial charge in [-0.1, -0.05) is 20.8 Å². The molecule has 6 nitrogen and oxygen atoms in total. The van der Waals surface area contributed by atoms with E-state index >= 15 is 0 Å². The van der Waals surface area contributed by atoms with Gasteiger partial charge in [-0.25, -0.2) is 4.79 Å². The normalized spacial score (nSPS) is 16.2. The van der Waals surface area contributed by atoms with Gasteiger partial charge in [0.25, 0.3) is 0 Å². The molecule has 0 atom stereocenters. The second kappa shape index (κ2) is 8.62. The third kappa shape index (κ3) is 4.61. The van der Waals surface area contributed by atoms with Gasteiger partial charge in [-0.3, -0.25) is 4.89 Å². The van der Waals surface area contributed by atoms with Crippen molar-refractivity contribution in [1.29, 1.82) is 0 Å². The van der Waals surface area contributed by atoms with Crippen molar-refractivity contribution in [3.8, 4) is 17.2 Å². The molecule has 0 aliphatic heterocycles. The van der Waals surface area contributed by atoms with E-state index in [-0.39, 0.29) is 16.7 Å². The lowest BCUT2D eigenvalue weighted by Crippen LogP contribution is -2.26. The molecule has 1 fully saturated rings. The molecule has 0 heterocycles. The number of hydrogen-bond donors (Lipinski definition) is 0. The van der Waals surface area contributed by atoms with Crippen molar-refractivity contribution >= 4 is 5.97 Å². The Morgan fingerprint density at radius 1 is 0.962 bits per heavy atom. The SMILES string of the molecule is COc1ccc(C(=O)OO[C]2CCC(C(C)(C)C)CC2)c(OC)c1OC. The van der Waals surface area contributed by atoms with Crippen molar-refractivity contribution in [3.05, 3.63) is 23.8 Å². The first-order valence-corrected chi connectivity index (χ1v) is 8.84. The molecule has 6 heteroatoms. The predicted molar refractivity (Wildman–Crippen MR) is 97.3 cm³/mol. The van der Waals surface area contributed by atoms with Crippen LogP contribution in [0.3, 0.4) is 0 Å². The molecule has 0 spiro atoms. The fourth-order valence-corrected chi connectivity index (χ4v) is 3.29. The molecule has 145 valence electrons. The second-order valence-electron chi connectivity index (χ2n) is 7.51. The minimum Gasteiger partial charge on any atom is -0.493 e. The Hall–Kier alpha value is -1.95. The van der Waals surface area contributed by atoms with E-state index in [2.05, 4.69) is 20.8 Å². The van der Waals surface area contributed by atoms with Crippen LogP contribution >= 0.6 is 0 Å². The quantitative estimate of drug-likeness (QED) is 0.543. The molecule has 0 unspecified atom stereocenters. The van der Waals surface area contributed by atoms with Crippen LogP contribution in [0.15, 0.2) is 12.1 Å². The van der Waals surface area contributed by atoms with Crippen LogP contribution in [-0.2, 0) is 9.78 Å². The lowest BCUT2D eigenvalue weighted by molar-refractivity contribution is -0.241. The number of hydrogen-bond acceptors (Lipinski definition) is 6. The third-order valence-corrected chi connectivity index (χ3v) is 4.93. The Bertz CT molecular complexity index is 611. The molecule has 1 saturated carbocycles. The van der Waals surface area contributed by atoms with Gasteiger partial charge in [-0.2, -0.15) is 4.89 Å². The fraction of sp³-hybridized carbons (Fsp3) is 0.600. The average Bonchev–Trinajstić information content (AvgIpc) is 2.64. The highest BCUT2D eigenvalue weighted by molar-refractivity contribution is 5.93. The van der Waals surface area contributed by atoms with E-state index < -0.39 is 5.97 Å². The van der Waals surface area contributed by atoms with Gasteiger partial charge in [0.2, 0.25) is 5.75 Å². The molecule has 26 heavy (non-hydrogen) atoms. The van der Waals surface area contributed by atoms with E-state index in [9.17, 15) is 4.79 Å². The smallest absolute Gasteiger partial charge is 0.377 e. The standard InChI is InChI=1S/C20H29O6/c1-20(2,3)13-7-9-14(10-8-13)25-26-19(21)15-11-12-16(22-4)18(24-6)17(15)23-5/h11-13H,7-10H2,1-6H3. The molecule has 0 aromatic heterocycles. The van der Waals surface area contributed by atoms with Crippen LogP contribution in [0.2, 0.25) is 0 Å². The summed E-state index contributed by atoms with van der Waals surface area (Å²) in [6.45, 7) is 6.77. The summed E-state index contributed by atoms with van der Waals surface area (Å²) in [6.07, 6.45) is 4.49. The summed E-state index contributed by atoms with van der Waals surface area (Å²) in [5.41, 5.74) is 0.504. The molecule has 1 radical (unpaired) electrons. The van der Waals surface area contributed by atoms with Crippen LogP contribution in [0, 0.1) is 17.4 Å². The summed E-state index contributed by atoms with van der Waals surface area (Å²) in [4.78, 5) is 22.8. The minimum atomic E-state index is -0.631. The number of carbonyl (C=O) groups is 1. The number of rotatable bonds is 6. The van der Waals surface area contributed by atoms with E-state index in [0.29, 0.717) is 17.4 Å². The molecule has 0 bridgehead atoms. The van der Waals surface area contributed by atoms with Crippen molar-refractivity contribution in [2.75, 3.05) is 21.3 Å². The van der Waals surface area contributed by atoms with Gasteiger partial charge in [0.05, 0.1) is 21.3 Å². The molecule has 1 aromatic carbocycles. The predicted octanol–water partition coefficient (Wildman–Crippen LogP) is 4.57. The molecule has 0 amide bonds. The molecular formula is C20H29O6. The van der Waals surface area contributed by atoms with Crippen molar-refractivity contribution in [2.45, 2.75) is 46.5 Å². The maximum Gasteiger partial charge on any atom is 0.377 e. The number of carbonyl (C=O) groups excluding carboxylic acids is 1. The Morgan fingerprint density at radius 3 is 2.08 bits per heavy atom. The molecule has 1 aromatic rings. The molecule has 1 aliphatic carbocycles. The molecular weight excluding hydrogens is 336 g/mol. The Balaban J connectivity index is 1.99. The number of ether oxygens (including phenoxy) is 3.